The van der Waals surface area contributed by atoms with E-state index in [0.29, 0.717) is 23.3 Å². The Morgan fingerprint density at radius 2 is 1.82 bits per heavy atom. The van der Waals surface area contributed by atoms with Gasteiger partial charge in [-0.15, -0.1) is 0 Å². The van der Waals surface area contributed by atoms with Gasteiger partial charge in [0.05, 0.1) is 23.9 Å². The molecule has 4 aromatic rings. The number of aromatic hydroxyl groups is 1. The number of fused-ring (bicyclic) bond motifs is 1. The van der Waals surface area contributed by atoms with Crippen LogP contribution in [-0.2, 0) is 9.47 Å². The van der Waals surface area contributed by atoms with Gasteiger partial charge < -0.3 is 19.9 Å². The molecule has 2 heterocycles. The molecule has 0 aliphatic rings. The summed E-state index contributed by atoms with van der Waals surface area (Å²) >= 11 is 0. The zero-order valence-electron chi connectivity index (χ0n) is 18.5. The Labute approximate surface area is 192 Å². The first kappa shape index (κ1) is 22.2. The lowest BCUT2D eigenvalue weighted by molar-refractivity contribution is 0.0388. The number of nitrogens with zero attached hydrogens (tertiary/aromatic N) is 2. The van der Waals surface area contributed by atoms with Crippen molar-refractivity contribution in [2.45, 2.75) is 13.0 Å². The SMILES string of the molecule is COCCOC(=O)c1ccc(NC(c2ccccn2)c2ccc3ccc(C)nc3c2O)cc1. The second kappa shape index (κ2) is 10.1. The number of hydrogen-bond acceptors (Lipinski definition) is 7. The van der Waals surface area contributed by atoms with E-state index in [2.05, 4.69) is 15.3 Å². The molecule has 0 saturated carbocycles. The number of esters is 1. The topological polar surface area (TPSA) is 93.6 Å². The smallest absolute Gasteiger partial charge is 0.338 e. The summed E-state index contributed by atoms with van der Waals surface area (Å²) in [6, 6.07) is 19.8. The molecule has 0 spiro atoms. The molecule has 0 fully saturated rings. The summed E-state index contributed by atoms with van der Waals surface area (Å²) in [5, 5.41) is 15.4. The maximum atomic E-state index is 12.1. The Hall–Kier alpha value is -3.97. The Balaban J connectivity index is 1.65. The molecular formula is C26H25N3O4. The molecule has 2 aromatic carbocycles. The van der Waals surface area contributed by atoms with E-state index in [0.717, 1.165) is 22.5 Å². The number of pyridine rings is 2. The number of carbonyl (C=O) groups excluding carboxylic acids is 1. The van der Waals surface area contributed by atoms with Crippen molar-refractivity contribution >= 4 is 22.6 Å². The van der Waals surface area contributed by atoms with E-state index in [1.165, 1.54) is 0 Å². The van der Waals surface area contributed by atoms with Crippen LogP contribution in [0.4, 0.5) is 5.69 Å². The number of phenolic OH excluding ortho intramolecular Hbond substituents is 1. The number of aromatic nitrogens is 2. The lowest BCUT2D eigenvalue weighted by atomic mass is 9.99. The van der Waals surface area contributed by atoms with Crippen LogP contribution < -0.4 is 5.32 Å². The summed E-state index contributed by atoms with van der Waals surface area (Å²) in [5.74, 6) is -0.300. The van der Waals surface area contributed by atoms with Gasteiger partial charge in [0.2, 0.25) is 0 Å². The number of ether oxygens (including phenoxy) is 2. The maximum absolute atomic E-state index is 12.1. The van der Waals surface area contributed by atoms with Gasteiger partial charge in [-0.3, -0.25) is 4.98 Å². The molecule has 2 N–H and O–H groups in total. The maximum Gasteiger partial charge on any atom is 0.338 e. The van der Waals surface area contributed by atoms with Crippen molar-refractivity contribution in [2.24, 2.45) is 0 Å². The molecule has 0 amide bonds. The van der Waals surface area contributed by atoms with Gasteiger partial charge in [-0.2, -0.15) is 0 Å². The molecule has 4 rings (SSSR count). The molecular weight excluding hydrogens is 418 g/mol. The zero-order chi connectivity index (χ0) is 23.2. The highest BCUT2D eigenvalue weighted by atomic mass is 16.6. The van der Waals surface area contributed by atoms with E-state index in [1.54, 1.807) is 37.6 Å². The van der Waals surface area contributed by atoms with Crippen molar-refractivity contribution in [3.8, 4) is 5.75 Å². The standard InChI is InChI=1S/C26H25N3O4/c1-17-6-7-18-10-13-21(25(30)23(18)28-17)24(22-5-3-4-14-27-22)29-20-11-8-19(9-12-20)26(31)33-16-15-32-2/h3-14,24,29-30H,15-16H2,1-2H3. The Kier molecular flexibility index (Phi) is 6.80. The monoisotopic (exact) mass is 443 g/mol. The Bertz CT molecular complexity index is 1240. The first-order valence-corrected chi connectivity index (χ1v) is 10.6. The first-order chi connectivity index (χ1) is 16.1. The Morgan fingerprint density at radius 3 is 2.55 bits per heavy atom. The third-order valence-electron chi connectivity index (χ3n) is 5.25. The molecule has 0 radical (unpaired) electrons. The van der Waals surface area contributed by atoms with Crippen molar-refractivity contribution in [1.82, 2.24) is 9.97 Å². The number of methoxy groups -OCH3 is 1. The van der Waals surface area contributed by atoms with Crippen LogP contribution >= 0.6 is 0 Å². The third kappa shape index (κ3) is 5.10. The van der Waals surface area contributed by atoms with Crippen LogP contribution in [0.5, 0.6) is 5.75 Å². The van der Waals surface area contributed by atoms with Gasteiger partial charge in [0, 0.05) is 35.6 Å². The molecule has 1 atom stereocenters. The minimum Gasteiger partial charge on any atom is -0.505 e. The predicted octanol–water partition coefficient (Wildman–Crippen LogP) is 4.65. The van der Waals surface area contributed by atoms with Crippen LogP contribution in [0.3, 0.4) is 0 Å². The lowest BCUT2D eigenvalue weighted by Crippen LogP contribution is -2.14. The van der Waals surface area contributed by atoms with E-state index in [1.807, 2.05) is 49.4 Å². The first-order valence-electron chi connectivity index (χ1n) is 10.6. The average molecular weight is 444 g/mol. The number of hydrogen-bond donors (Lipinski definition) is 2. The number of nitrogens with one attached hydrogen (secondary N) is 1. The van der Waals surface area contributed by atoms with E-state index < -0.39 is 12.0 Å². The lowest BCUT2D eigenvalue weighted by Gasteiger charge is -2.22. The third-order valence-corrected chi connectivity index (χ3v) is 5.25. The quantitative estimate of drug-likeness (QED) is 0.302. The van der Waals surface area contributed by atoms with Crippen LogP contribution in [0.1, 0.15) is 33.4 Å². The minimum absolute atomic E-state index is 0.109. The second-order valence-electron chi connectivity index (χ2n) is 7.57. The van der Waals surface area contributed by atoms with Crippen molar-refractivity contribution < 1.29 is 19.4 Å². The average Bonchev–Trinajstić information content (AvgIpc) is 2.84. The molecule has 0 bridgehead atoms. The second-order valence-corrected chi connectivity index (χ2v) is 7.57. The summed E-state index contributed by atoms with van der Waals surface area (Å²) < 4.78 is 10.1. The molecule has 7 heteroatoms. The van der Waals surface area contributed by atoms with Crippen molar-refractivity contribution in [3.05, 3.63) is 95.4 Å². The molecule has 0 aliphatic carbocycles. The van der Waals surface area contributed by atoms with Crippen LogP contribution in [-0.4, -0.2) is 41.4 Å². The van der Waals surface area contributed by atoms with Crippen molar-refractivity contribution in [2.75, 3.05) is 25.6 Å². The normalized spacial score (nSPS) is 11.8. The number of aryl methyl sites for hydroxylation is 1. The fraction of sp³-hybridized carbons (Fsp3) is 0.192. The highest BCUT2D eigenvalue weighted by Crippen LogP contribution is 2.36. The van der Waals surface area contributed by atoms with Gasteiger partial charge in [-0.05, 0) is 49.4 Å². The highest BCUT2D eigenvalue weighted by Gasteiger charge is 2.21. The van der Waals surface area contributed by atoms with Crippen molar-refractivity contribution in [1.29, 1.82) is 0 Å². The number of anilines is 1. The predicted molar refractivity (Wildman–Crippen MR) is 126 cm³/mol. The fourth-order valence-electron chi connectivity index (χ4n) is 3.55. The molecule has 1 unspecified atom stereocenters. The van der Waals surface area contributed by atoms with Gasteiger partial charge in [-0.1, -0.05) is 24.3 Å². The van der Waals surface area contributed by atoms with E-state index in [9.17, 15) is 9.90 Å². The van der Waals surface area contributed by atoms with Gasteiger partial charge in [0.15, 0.2) is 0 Å². The van der Waals surface area contributed by atoms with Crippen LogP contribution in [0.15, 0.2) is 72.9 Å². The minimum atomic E-state index is -0.433. The van der Waals surface area contributed by atoms with Gasteiger partial charge in [-0.25, -0.2) is 9.78 Å². The summed E-state index contributed by atoms with van der Waals surface area (Å²) in [4.78, 5) is 21.2. The molecule has 7 nitrogen and oxygen atoms in total. The largest absolute Gasteiger partial charge is 0.505 e. The molecule has 0 aliphatic heterocycles. The molecule has 2 aromatic heterocycles. The van der Waals surface area contributed by atoms with E-state index >= 15 is 0 Å². The Morgan fingerprint density at radius 1 is 1.03 bits per heavy atom. The van der Waals surface area contributed by atoms with Crippen molar-refractivity contribution in [3.63, 3.8) is 0 Å². The highest BCUT2D eigenvalue weighted by molar-refractivity contribution is 5.90. The van der Waals surface area contributed by atoms with Crippen LogP contribution in [0.2, 0.25) is 0 Å². The summed E-state index contributed by atoms with van der Waals surface area (Å²) in [6.45, 7) is 2.44. The number of phenols is 1. The summed E-state index contributed by atoms with van der Waals surface area (Å²) in [6.07, 6.45) is 1.71. The van der Waals surface area contributed by atoms with Gasteiger partial charge in [0.25, 0.3) is 0 Å². The number of carbonyl (C=O) groups is 1. The zero-order valence-corrected chi connectivity index (χ0v) is 18.5. The number of rotatable bonds is 8. The number of benzene rings is 2. The molecule has 0 saturated heterocycles. The van der Waals surface area contributed by atoms with Gasteiger partial charge >= 0.3 is 5.97 Å². The van der Waals surface area contributed by atoms with E-state index in [-0.39, 0.29) is 12.4 Å². The fourth-order valence-corrected chi connectivity index (χ4v) is 3.55. The molecule has 168 valence electrons. The van der Waals surface area contributed by atoms with E-state index in [4.69, 9.17) is 9.47 Å². The molecule has 33 heavy (non-hydrogen) atoms. The van der Waals surface area contributed by atoms with Gasteiger partial charge in [0.1, 0.15) is 17.9 Å². The summed E-state index contributed by atoms with van der Waals surface area (Å²) in [7, 11) is 1.55. The van der Waals surface area contributed by atoms with Crippen LogP contribution in [0.25, 0.3) is 10.9 Å². The van der Waals surface area contributed by atoms with Crippen LogP contribution in [0, 0.1) is 6.92 Å². The summed E-state index contributed by atoms with van der Waals surface area (Å²) in [5.41, 5.74) is 3.97.